The molecule has 0 radical (unpaired) electrons. The molecule has 4 heteroatoms. The molecule has 2 rings (SSSR count). The first kappa shape index (κ1) is 14.3. The highest BCUT2D eigenvalue weighted by molar-refractivity contribution is 5.36. The molecule has 0 saturated carbocycles. The Morgan fingerprint density at radius 3 is 2.79 bits per heavy atom. The summed E-state index contributed by atoms with van der Waals surface area (Å²) in [5.74, 6) is 0.944. The van der Waals surface area contributed by atoms with Crippen LogP contribution in [0, 0.1) is 0 Å². The van der Waals surface area contributed by atoms with Gasteiger partial charge in [-0.25, -0.2) is 9.97 Å². The van der Waals surface area contributed by atoms with Gasteiger partial charge in [-0.15, -0.1) is 0 Å². The fraction of sp³-hybridized carbons (Fsp3) is 0.733. The second kappa shape index (κ2) is 6.33. The first-order valence-corrected chi connectivity index (χ1v) is 7.42. The van der Waals surface area contributed by atoms with Gasteiger partial charge in [-0.3, -0.25) is 0 Å². The SMILES string of the molecule is CCc1cc(NC2CCOC(CC)(CC)C2)ncn1. The Morgan fingerprint density at radius 2 is 2.11 bits per heavy atom. The smallest absolute Gasteiger partial charge is 0.129 e. The summed E-state index contributed by atoms with van der Waals surface area (Å²) in [7, 11) is 0. The van der Waals surface area contributed by atoms with Gasteiger partial charge in [0.05, 0.1) is 5.60 Å². The van der Waals surface area contributed by atoms with Crippen LogP contribution in [-0.2, 0) is 11.2 Å². The van der Waals surface area contributed by atoms with Crippen molar-refractivity contribution in [2.24, 2.45) is 0 Å². The van der Waals surface area contributed by atoms with Gasteiger partial charge < -0.3 is 10.1 Å². The third-order valence-corrected chi connectivity index (χ3v) is 4.22. The third-order valence-electron chi connectivity index (χ3n) is 4.22. The fourth-order valence-electron chi connectivity index (χ4n) is 2.77. The Hall–Kier alpha value is -1.16. The normalized spacial score (nSPS) is 22.2. The second-order valence-corrected chi connectivity index (χ2v) is 5.32. The Balaban J connectivity index is 2.02. The maximum atomic E-state index is 6.00. The lowest BCUT2D eigenvalue weighted by molar-refractivity contribution is -0.0864. The summed E-state index contributed by atoms with van der Waals surface area (Å²) in [5, 5.41) is 3.55. The minimum atomic E-state index is 0.0521. The minimum absolute atomic E-state index is 0.0521. The lowest BCUT2D eigenvalue weighted by atomic mass is 9.86. The molecular formula is C15H25N3O. The van der Waals surface area contributed by atoms with E-state index in [0.717, 1.165) is 50.2 Å². The van der Waals surface area contributed by atoms with Crippen LogP contribution >= 0.6 is 0 Å². The summed E-state index contributed by atoms with van der Waals surface area (Å²) in [6.07, 6.45) is 6.85. The predicted octanol–water partition coefficient (Wildman–Crippen LogP) is 3.19. The average molecular weight is 263 g/mol. The van der Waals surface area contributed by atoms with E-state index < -0.39 is 0 Å². The van der Waals surface area contributed by atoms with Crippen LogP contribution in [0.25, 0.3) is 0 Å². The quantitative estimate of drug-likeness (QED) is 0.886. The third kappa shape index (κ3) is 3.44. The van der Waals surface area contributed by atoms with E-state index in [-0.39, 0.29) is 5.60 Å². The molecule has 2 heterocycles. The highest BCUT2D eigenvalue weighted by Gasteiger charge is 2.34. The number of anilines is 1. The topological polar surface area (TPSA) is 47.0 Å². The molecule has 106 valence electrons. The summed E-state index contributed by atoms with van der Waals surface area (Å²) in [4.78, 5) is 8.55. The van der Waals surface area contributed by atoms with E-state index in [4.69, 9.17) is 4.74 Å². The van der Waals surface area contributed by atoms with Crippen molar-refractivity contribution in [3.05, 3.63) is 18.1 Å². The predicted molar refractivity (Wildman–Crippen MR) is 77.3 cm³/mol. The molecule has 0 bridgehead atoms. The van der Waals surface area contributed by atoms with Gasteiger partial charge in [-0.2, -0.15) is 0 Å². The van der Waals surface area contributed by atoms with E-state index in [1.54, 1.807) is 6.33 Å². The van der Waals surface area contributed by atoms with E-state index in [1.807, 2.05) is 0 Å². The summed E-state index contributed by atoms with van der Waals surface area (Å²) >= 11 is 0. The fourth-order valence-corrected chi connectivity index (χ4v) is 2.77. The highest BCUT2D eigenvalue weighted by Crippen LogP contribution is 2.32. The molecule has 4 nitrogen and oxygen atoms in total. The lowest BCUT2D eigenvalue weighted by Crippen LogP contribution is -2.43. The van der Waals surface area contributed by atoms with Crippen LogP contribution in [0.5, 0.6) is 0 Å². The Labute approximate surface area is 116 Å². The zero-order valence-electron chi connectivity index (χ0n) is 12.3. The van der Waals surface area contributed by atoms with Crippen LogP contribution in [-0.4, -0.2) is 28.2 Å². The number of aromatic nitrogens is 2. The Bertz CT molecular complexity index is 404. The van der Waals surface area contributed by atoms with Gasteiger partial charge >= 0.3 is 0 Å². The van der Waals surface area contributed by atoms with Crippen LogP contribution in [0.3, 0.4) is 0 Å². The van der Waals surface area contributed by atoms with Crippen LogP contribution in [0.4, 0.5) is 5.82 Å². The van der Waals surface area contributed by atoms with E-state index in [2.05, 4.69) is 42.1 Å². The molecule has 1 aliphatic heterocycles. The number of hydrogen-bond acceptors (Lipinski definition) is 4. The molecule has 1 N–H and O–H groups in total. The molecule has 1 aliphatic rings. The van der Waals surface area contributed by atoms with Crippen LogP contribution in [0.2, 0.25) is 0 Å². The molecule has 1 aromatic heterocycles. The van der Waals surface area contributed by atoms with Crippen LogP contribution < -0.4 is 5.32 Å². The van der Waals surface area contributed by atoms with Crippen molar-refractivity contribution in [2.45, 2.75) is 64.5 Å². The maximum absolute atomic E-state index is 6.00. The van der Waals surface area contributed by atoms with Gasteiger partial charge in [0.1, 0.15) is 12.1 Å². The van der Waals surface area contributed by atoms with Gasteiger partial charge in [-0.1, -0.05) is 20.8 Å². The van der Waals surface area contributed by atoms with Crippen molar-refractivity contribution in [1.29, 1.82) is 0 Å². The zero-order valence-corrected chi connectivity index (χ0v) is 12.3. The molecule has 1 unspecified atom stereocenters. The number of aryl methyl sites for hydroxylation is 1. The molecule has 1 aromatic rings. The van der Waals surface area contributed by atoms with Crippen molar-refractivity contribution in [1.82, 2.24) is 9.97 Å². The number of ether oxygens (including phenoxy) is 1. The standard InChI is InChI=1S/C15H25N3O/c1-4-12-9-14(17-11-16-12)18-13-7-8-19-15(5-2,6-3)10-13/h9,11,13H,4-8,10H2,1-3H3,(H,16,17,18). The van der Waals surface area contributed by atoms with Gasteiger partial charge in [0.25, 0.3) is 0 Å². The molecule has 1 saturated heterocycles. The van der Waals surface area contributed by atoms with Crippen molar-refractivity contribution >= 4 is 5.82 Å². The van der Waals surface area contributed by atoms with Crippen LogP contribution in [0.1, 0.15) is 52.1 Å². The Morgan fingerprint density at radius 1 is 1.32 bits per heavy atom. The van der Waals surface area contributed by atoms with Gasteiger partial charge in [0, 0.05) is 24.4 Å². The zero-order chi connectivity index (χ0) is 13.7. The summed E-state index contributed by atoms with van der Waals surface area (Å²) < 4.78 is 6.00. The maximum Gasteiger partial charge on any atom is 0.129 e. The Kier molecular flexibility index (Phi) is 4.75. The first-order chi connectivity index (χ1) is 9.21. The largest absolute Gasteiger partial charge is 0.375 e. The molecule has 0 aliphatic carbocycles. The minimum Gasteiger partial charge on any atom is -0.375 e. The van der Waals surface area contributed by atoms with Crippen molar-refractivity contribution in [2.75, 3.05) is 11.9 Å². The van der Waals surface area contributed by atoms with E-state index in [1.165, 1.54) is 0 Å². The van der Waals surface area contributed by atoms with Crippen LogP contribution in [0.15, 0.2) is 12.4 Å². The average Bonchev–Trinajstić information content (AvgIpc) is 2.47. The molecule has 0 amide bonds. The molecule has 0 spiro atoms. The highest BCUT2D eigenvalue weighted by atomic mass is 16.5. The number of hydrogen-bond donors (Lipinski definition) is 1. The van der Waals surface area contributed by atoms with E-state index >= 15 is 0 Å². The first-order valence-electron chi connectivity index (χ1n) is 7.42. The molecule has 19 heavy (non-hydrogen) atoms. The lowest BCUT2D eigenvalue weighted by Gasteiger charge is -2.40. The number of nitrogens with zero attached hydrogens (tertiary/aromatic N) is 2. The second-order valence-electron chi connectivity index (χ2n) is 5.32. The van der Waals surface area contributed by atoms with Crippen molar-refractivity contribution < 1.29 is 4.74 Å². The molecule has 1 fully saturated rings. The number of nitrogens with one attached hydrogen (secondary N) is 1. The molecular weight excluding hydrogens is 238 g/mol. The monoisotopic (exact) mass is 263 g/mol. The molecule has 0 aromatic carbocycles. The van der Waals surface area contributed by atoms with Gasteiger partial charge in [0.15, 0.2) is 0 Å². The van der Waals surface area contributed by atoms with Crippen molar-refractivity contribution in [3.8, 4) is 0 Å². The molecule has 1 atom stereocenters. The summed E-state index contributed by atoms with van der Waals surface area (Å²) in [6, 6.07) is 2.50. The summed E-state index contributed by atoms with van der Waals surface area (Å²) in [6.45, 7) is 7.38. The number of rotatable bonds is 5. The van der Waals surface area contributed by atoms with Gasteiger partial charge in [0.2, 0.25) is 0 Å². The van der Waals surface area contributed by atoms with Gasteiger partial charge in [-0.05, 0) is 32.1 Å². The van der Waals surface area contributed by atoms with E-state index in [0.29, 0.717) is 6.04 Å². The van der Waals surface area contributed by atoms with Crippen molar-refractivity contribution in [3.63, 3.8) is 0 Å². The summed E-state index contributed by atoms with van der Waals surface area (Å²) in [5.41, 5.74) is 1.14. The van der Waals surface area contributed by atoms with E-state index in [9.17, 15) is 0 Å².